The van der Waals surface area contributed by atoms with E-state index >= 15 is 0 Å². The molecule has 2 aliphatic heterocycles. The summed E-state index contributed by atoms with van der Waals surface area (Å²) in [5, 5.41) is 2.34. The van der Waals surface area contributed by atoms with Crippen molar-refractivity contribution >= 4 is 34.4 Å². The van der Waals surface area contributed by atoms with Gasteiger partial charge in [0, 0.05) is 30.9 Å². The summed E-state index contributed by atoms with van der Waals surface area (Å²) in [6.45, 7) is 15.6. The molecule has 0 spiro atoms. The number of carbonyl (C=O) groups is 2. The normalized spacial score (nSPS) is 22.2. The zero-order valence-electron chi connectivity index (χ0n) is 23.7. The van der Waals surface area contributed by atoms with Crippen LogP contribution in [-0.4, -0.2) is 84.1 Å². The molecule has 1 N–H and O–H groups in total. The highest BCUT2D eigenvalue weighted by molar-refractivity contribution is 7.91. The van der Waals surface area contributed by atoms with E-state index in [-0.39, 0.29) is 22.7 Å². The predicted molar refractivity (Wildman–Crippen MR) is 143 cm³/mol. The van der Waals surface area contributed by atoms with Crippen LogP contribution in [0.15, 0.2) is 17.6 Å². The summed E-state index contributed by atoms with van der Waals surface area (Å²) in [5.74, 6) is -0.327. The molecule has 38 heavy (non-hydrogen) atoms. The number of ether oxygens (including phenoxy) is 1. The lowest BCUT2D eigenvalue weighted by atomic mass is 9.81. The SMILES string of the molecule is C[C@@H](NC(=O)OC(C)(C)C)C(=O)N1CCC[C@H](CCS(=O)(=O)c2ncc(B3OC(C)(C)C(C)(C)O3)cn2)C1. The Kier molecular flexibility index (Phi) is 8.84. The molecule has 2 atom stereocenters. The van der Waals surface area contributed by atoms with Crippen molar-refractivity contribution in [2.24, 2.45) is 5.92 Å². The fourth-order valence-electron chi connectivity index (χ4n) is 4.32. The van der Waals surface area contributed by atoms with Crippen LogP contribution in [0.4, 0.5) is 4.79 Å². The second-order valence-electron chi connectivity index (χ2n) is 12.2. The van der Waals surface area contributed by atoms with Crippen LogP contribution in [-0.2, 0) is 28.7 Å². The molecule has 212 valence electrons. The minimum atomic E-state index is -3.71. The first-order valence-corrected chi connectivity index (χ1v) is 14.7. The molecule has 2 amide bonds. The molecule has 2 fully saturated rings. The summed E-state index contributed by atoms with van der Waals surface area (Å²) in [5.41, 5.74) is -1.16. The first kappa shape index (κ1) is 30.3. The van der Waals surface area contributed by atoms with E-state index in [0.29, 0.717) is 25.0 Å². The number of rotatable bonds is 7. The minimum Gasteiger partial charge on any atom is -0.444 e. The maximum absolute atomic E-state index is 12.9. The van der Waals surface area contributed by atoms with Gasteiger partial charge < -0.3 is 24.3 Å². The Morgan fingerprint density at radius 1 is 1.18 bits per heavy atom. The van der Waals surface area contributed by atoms with Crippen LogP contribution in [0.25, 0.3) is 0 Å². The van der Waals surface area contributed by atoms with Crippen molar-refractivity contribution in [2.75, 3.05) is 18.8 Å². The number of alkyl carbamates (subject to hydrolysis) is 1. The summed E-state index contributed by atoms with van der Waals surface area (Å²) in [7, 11) is -4.39. The van der Waals surface area contributed by atoms with Gasteiger partial charge in [-0.2, -0.15) is 0 Å². The molecule has 0 unspecified atom stereocenters. The summed E-state index contributed by atoms with van der Waals surface area (Å²) in [6, 6.07) is -0.747. The predicted octanol–water partition coefficient (Wildman–Crippen LogP) is 2.09. The second kappa shape index (κ2) is 11.1. The molecule has 13 heteroatoms. The maximum atomic E-state index is 12.9. The third kappa shape index (κ3) is 7.44. The number of nitrogens with one attached hydrogen (secondary N) is 1. The average Bonchev–Trinajstić information content (AvgIpc) is 3.03. The van der Waals surface area contributed by atoms with Gasteiger partial charge in [0.25, 0.3) is 0 Å². The van der Waals surface area contributed by atoms with Crippen LogP contribution in [0.1, 0.15) is 74.7 Å². The van der Waals surface area contributed by atoms with Gasteiger partial charge >= 0.3 is 13.2 Å². The molecule has 0 radical (unpaired) electrons. The lowest BCUT2D eigenvalue weighted by Gasteiger charge is -2.34. The van der Waals surface area contributed by atoms with Crippen LogP contribution in [0.5, 0.6) is 0 Å². The Morgan fingerprint density at radius 2 is 1.76 bits per heavy atom. The number of amides is 2. The summed E-state index contributed by atoms with van der Waals surface area (Å²) < 4.78 is 43.1. The van der Waals surface area contributed by atoms with Gasteiger partial charge in [-0.25, -0.2) is 23.2 Å². The van der Waals surface area contributed by atoms with Crippen molar-refractivity contribution in [3.63, 3.8) is 0 Å². The van der Waals surface area contributed by atoms with E-state index in [1.807, 2.05) is 27.7 Å². The average molecular weight is 553 g/mol. The highest BCUT2D eigenvalue weighted by atomic mass is 32.2. The molecule has 11 nitrogen and oxygen atoms in total. The van der Waals surface area contributed by atoms with Crippen molar-refractivity contribution in [1.29, 1.82) is 0 Å². The summed E-state index contributed by atoms with van der Waals surface area (Å²) in [4.78, 5) is 34.8. The van der Waals surface area contributed by atoms with Gasteiger partial charge in [0.2, 0.25) is 20.9 Å². The molecular weight excluding hydrogens is 511 g/mol. The van der Waals surface area contributed by atoms with Crippen molar-refractivity contribution in [3.05, 3.63) is 12.4 Å². The lowest BCUT2D eigenvalue weighted by molar-refractivity contribution is -0.134. The smallest absolute Gasteiger partial charge is 0.444 e. The lowest BCUT2D eigenvalue weighted by Crippen LogP contribution is -2.50. The first-order valence-electron chi connectivity index (χ1n) is 13.1. The van der Waals surface area contributed by atoms with Crippen molar-refractivity contribution in [3.8, 4) is 0 Å². The summed E-state index contributed by atoms with van der Waals surface area (Å²) >= 11 is 0. The minimum absolute atomic E-state index is 0.0141. The van der Waals surface area contributed by atoms with Crippen molar-refractivity contribution < 1.29 is 32.1 Å². The van der Waals surface area contributed by atoms with E-state index in [1.54, 1.807) is 32.6 Å². The van der Waals surface area contributed by atoms with E-state index in [1.165, 1.54) is 12.4 Å². The van der Waals surface area contributed by atoms with Crippen LogP contribution >= 0.6 is 0 Å². The number of hydrogen-bond acceptors (Lipinski definition) is 9. The monoisotopic (exact) mass is 552 g/mol. The molecule has 0 bridgehead atoms. The number of nitrogens with zero attached hydrogens (tertiary/aromatic N) is 3. The van der Waals surface area contributed by atoms with Gasteiger partial charge in [-0.05, 0) is 80.6 Å². The highest BCUT2D eigenvalue weighted by Gasteiger charge is 2.52. The van der Waals surface area contributed by atoms with E-state index in [0.717, 1.165) is 12.8 Å². The number of likely N-dealkylation sites (tertiary alicyclic amines) is 1. The zero-order valence-corrected chi connectivity index (χ0v) is 24.6. The van der Waals surface area contributed by atoms with Gasteiger partial charge in [0.1, 0.15) is 11.6 Å². The third-order valence-corrected chi connectivity index (χ3v) is 8.72. The van der Waals surface area contributed by atoms with Crippen LogP contribution in [0.3, 0.4) is 0 Å². The number of hydrogen-bond donors (Lipinski definition) is 1. The van der Waals surface area contributed by atoms with E-state index in [2.05, 4.69) is 15.3 Å². The Morgan fingerprint density at radius 3 is 2.32 bits per heavy atom. The third-order valence-electron chi connectivity index (χ3n) is 7.18. The Balaban J connectivity index is 1.54. The van der Waals surface area contributed by atoms with Crippen LogP contribution < -0.4 is 10.8 Å². The molecular formula is C25H41BN4O7S. The van der Waals surface area contributed by atoms with Crippen molar-refractivity contribution in [1.82, 2.24) is 20.2 Å². The molecule has 3 heterocycles. The molecule has 0 saturated carbocycles. The maximum Gasteiger partial charge on any atom is 0.498 e. The van der Waals surface area contributed by atoms with Crippen molar-refractivity contribution in [2.45, 2.75) is 103 Å². The van der Waals surface area contributed by atoms with Crippen LogP contribution in [0.2, 0.25) is 0 Å². The fourth-order valence-corrected chi connectivity index (χ4v) is 5.57. The van der Waals surface area contributed by atoms with Gasteiger partial charge in [-0.15, -0.1) is 0 Å². The Bertz CT molecular complexity index is 1100. The molecule has 3 rings (SSSR count). The largest absolute Gasteiger partial charge is 0.498 e. The van der Waals surface area contributed by atoms with Gasteiger partial charge in [0.05, 0.1) is 17.0 Å². The molecule has 1 aromatic heterocycles. The molecule has 2 aliphatic rings. The molecule has 0 aromatic carbocycles. The molecule has 2 saturated heterocycles. The van der Waals surface area contributed by atoms with E-state index < -0.39 is 45.9 Å². The highest BCUT2D eigenvalue weighted by Crippen LogP contribution is 2.36. The number of carbonyl (C=O) groups excluding carboxylic acids is 2. The van der Waals surface area contributed by atoms with Gasteiger partial charge in [-0.3, -0.25) is 4.79 Å². The number of aromatic nitrogens is 2. The topological polar surface area (TPSA) is 137 Å². The number of sulfone groups is 1. The molecule has 1 aromatic rings. The Hall–Kier alpha value is -2.25. The summed E-state index contributed by atoms with van der Waals surface area (Å²) in [6.07, 6.45) is 4.17. The molecule has 0 aliphatic carbocycles. The van der Waals surface area contributed by atoms with Gasteiger partial charge in [0.15, 0.2) is 0 Å². The zero-order chi connectivity index (χ0) is 28.5. The standard InChI is InChI=1S/C25H41BN4O7S/c1-17(29-22(32)35-23(2,3)4)20(31)30-12-9-10-18(16-30)11-13-38(33,34)21-27-14-19(15-28-21)26-36-24(5,6)25(7,8)37-26/h14-15,17-18H,9-13,16H2,1-8H3,(H,29,32)/t17-,18-/m1/s1. The van der Waals surface area contributed by atoms with Gasteiger partial charge in [-0.1, -0.05) is 0 Å². The van der Waals surface area contributed by atoms with E-state index in [9.17, 15) is 18.0 Å². The van der Waals surface area contributed by atoms with Crippen LogP contribution in [0, 0.1) is 5.92 Å². The fraction of sp³-hybridized carbons (Fsp3) is 0.760. The Labute approximate surface area is 226 Å². The number of piperidine rings is 1. The van der Waals surface area contributed by atoms with E-state index in [4.69, 9.17) is 14.0 Å². The second-order valence-corrected chi connectivity index (χ2v) is 14.2. The quantitative estimate of drug-likeness (QED) is 0.398. The first-order chi connectivity index (χ1) is 17.4.